The van der Waals surface area contributed by atoms with Crippen molar-refractivity contribution in [2.75, 3.05) is 0 Å². The summed E-state index contributed by atoms with van der Waals surface area (Å²) in [5, 5.41) is 5.19. The topological polar surface area (TPSA) is 73.1 Å². The molecule has 0 saturated carbocycles. The monoisotopic (exact) mass is 453 g/mol. The lowest BCUT2D eigenvalue weighted by Crippen LogP contribution is -2.40. The van der Waals surface area contributed by atoms with Crippen molar-refractivity contribution in [3.8, 4) is 0 Å². The molecule has 0 aliphatic carbocycles. The van der Waals surface area contributed by atoms with Crippen LogP contribution in [0.4, 0.5) is 0 Å². The number of nitrogens with zero attached hydrogens (tertiary/aromatic N) is 2. The smallest absolute Gasteiger partial charge is 0.331 e. The number of hydrogen-bond acceptors (Lipinski definition) is 4. The first-order chi connectivity index (χ1) is 15.0. The Hall–Kier alpha value is -3.16. The van der Waals surface area contributed by atoms with Gasteiger partial charge < -0.3 is 5.32 Å². The first-order valence-corrected chi connectivity index (χ1v) is 11.0. The summed E-state index contributed by atoms with van der Waals surface area (Å²) in [6.07, 6.45) is 0.0377. The molecule has 158 valence electrons. The normalized spacial score (nSPS) is 11.0. The van der Waals surface area contributed by atoms with Gasteiger partial charge in [-0.1, -0.05) is 54.1 Å². The van der Waals surface area contributed by atoms with E-state index in [1.807, 2.05) is 42.5 Å². The lowest BCUT2D eigenvalue weighted by molar-refractivity contribution is -0.121. The van der Waals surface area contributed by atoms with Gasteiger partial charge in [0, 0.05) is 24.5 Å². The van der Waals surface area contributed by atoms with Gasteiger partial charge in [-0.05, 0) is 34.7 Å². The molecule has 0 atom stereocenters. The highest BCUT2D eigenvalue weighted by atomic mass is 35.5. The van der Waals surface area contributed by atoms with Crippen LogP contribution in [0.1, 0.15) is 17.5 Å². The van der Waals surface area contributed by atoms with Crippen molar-refractivity contribution in [3.63, 3.8) is 0 Å². The summed E-state index contributed by atoms with van der Waals surface area (Å²) >= 11 is 7.36. The van der Waals surface area contributed by atoms with E-state index < -0.39 is 5.69 Å². The second-order valence-electron chi connectivity index (χ2n) is 7.10. The third-order valence-corrected chi connectivity index (χ3v) is 6.09. The van der Waals surface area contributed by atoms with E-state index in [0.717, 1.165) is 15.7 Å². The van der Waals surface area contributed by atoms with Crippen LogP contribution in [0.2, 0.25) is 5.02 Å². The number of hydrogen-bond donors (Lipinski definition) is 1. The van der Waals surface area contributed by atoms with Crippen molar-refractivity contribution < 1.29 is 4.79 Å². The van der Waals surface area contributed by atoms with Crippen LogP contribution in [0.5, 0.6) is 0 Å². The summed E-state index contributed by atoms with van der Waals surface area (Å²) in [5.74, 6) is -0.220. The maximum Gasteiger partial charge on any atom is 0.331 e. The maximum atomic E-state index is 13.1. The zero-order valence-corrected chi connectivity index (χ0v) is 18.2. The molecular weight excluding hydrogens is 434 g/mol. The van der Waals surface area contributed by atoms with Gasteiger partial charge in [-0.3, -0.25) is 18.7 Å². The zero-order chi connectivity index (χ0) is 21.8. The third kappa shape index (κ3) is 4.78. The molecule has 0 radical (unpaired) electrons. The molecule has 2 heterocycles. The molecule has 0 bridgehead atoms. The van der Waals surface area contributed by atoms with Crippen LogP contribution in [0.3, 0.4) is 0 Å². The summed E-state index contributed by atoms with van der Waals surface area (Å²) in [6.45, 7) is 0.701. The predicted molar refractivity (Wildman–Crippen MR) is 124 cm³/mol. The molecule has 6 nitrogen and oxygen atoms in total. The minimum Gasteiger partial charge on any atom is -0.352 e. The van der Waals surface area contributed by atoms with E-state index in [2.05, 4.69) is 5.32 Å². The average molecular weight is 454 g/mol. The largest absolute Gasteiger partial charge is 0.352 e. The van der Waals surface area contributed by atoms with Gasteiger partial charge in [-0.2, -0.15) is 0 Å². The Kier molecular flexibility index (Phi) is 6.34. The van der Waals surface area contributed by atoms with Crippen LogP contribution < -0.4 is 16.6 Å². The van der Waals surface area contributed by atoms with E-state index in [0.29, 0.717) is 21.8 Å². The molecule has 0 unspecified atom stereocenters. The first kappa shape index (κ1) is 21.1. The molecule has 0 spiro atoms. The van der Waals surface area contributed by atoms with E-state index in [1.54, 1.807) is 28.1 Å². The van der Waals surface area contributed by atoms with Crippen LogP contribution in [0.25, 0.3) is 10.2 Å². The second-order valence-corrected chi connectivity index (χ2v) is 8.46. The van der Waals surface area contributed by atoms with Crippen molar-refractivity contribution in [2.24, 2.45) is 0 Å². The Bertz CT molecular complexity index is 1340. The first-order valence-electron chi connectivity index (χ1n) is 9.79. The molecule has 2 aromatic heterocycles. The number of thiophene rings is 1. The summed E-state index contributed by atoms with van der Waals surface area (Å²) < 4.78 is 3.19. The van der Waals surface area contributed by atoms with Crippen molar-refractivity contribution in [1.82, 2.24) is 14.5 Å². The fraction of sp³-hybridized carbons (Fsp3) is 0.174. The molecule has 4 rings (SSSR count). The quantitative estimate of drug-likeness (QED) is 0.464. The summed E-state index contributed by atoms with van der Waals surface area (Å²) in [5.41, 5.74) is 1.62. The maximum absolute atomic E-state index is 13.1. The number of halogens is 1. The highest BCUT2D eigenvalue weighted by molar-refractivity contribution is 7.17. The van der Waals surface area contributed by atoms with Crippen LogP contribution in [-0.2, 0) is 24.4 Å². The third-order valence-electron chi connectivity index (χ3n) is 4.96. The number of carbonyl (C=O) groups is 1. The Balaban J connectivity index is 1.57. The molecule has 31 heavy (non-hydrogen) atoms. The Labute approximate surface area is 187 Å². The van der Waals surface area contributed by atoms with Crippen molar-refractivity contribution >= 4 is 39.1 Å². The lowest BCUT2D eigenvalue weighted by atomic mass is 10.2. The van der Waals surface area contributed by atoms with Crippen LogP contribution in [0.15, 0.2) is 75.6 Å². The lowest BCUT2D eigenvalue weighted by Gasteiger charge is -2.13. The summed E-state index contributed by atoms with van der Waals surface area (Å²) in [4.78, 5) is 38.3. The number of amides is 1. The standard InChI is InChI=1S/C23H20ClN3O3S/c24-18-8-4-7-17(13-18)15-27-19-10-12-31-21(19)22(29)26(23(27)30)11-9-20(28)25-14-16-5-2-1-3-6-16/h1-8,10,12-13H,9,11,14-15H2,(H,25,28). The Morgan fingerprint density at radius 2 is 1.74 bits per heavy atom. The van der Waals surface area contributed by atoms with E-state index in [1.165, 1.54) is 11.3 Å². The van der Waals surface area contributed by atoms with Gasteiger partial charge in [0.1, 0.15) is 4.70 Å². The molecule has 8 heteroatoms. The van der Waals surface area contributed by atoms with Gasteiger partial charge in [0.25, 0.3) is 5.56 Å². The number of rotatable bonds is 7. The zero-order valence-electron chi connectivity index (χ0n) is 16.6. The average Bonchev–Trinajstić information content (AvgIpc) is 3.26. The van der Waals surface area contributed by atoms with Gasteiger partial charge in [-0.15, -0.1) is 11.3 Å². The summed E-state index contributed by atoms with van der Waals surface area (Å²) in [6, 6.07) is 18.6. The van der Waals surface area contributed by atoms with E-state index in [-0.39, 0.29) is 31.0 Å². The fourth-order valence-electron chi connectivity index (χ4n) is 3.40. The molecule has 4 aromatic rings. The molecule has 2 aromatic carbocycles. The molecule has 0 aliphatic rings. The minimum absolute atomic E-state index is 0.0156. The molecule has 0 saturated heterocycles. The van der Waals surface area contributed by atoms with Gasteiger partial charge in [0.15, 0.2) is 0 Å². The number of fused-ring (bicyclic) bond motifs is 1. The number of nitrogens with one attached hydrogen (secondary N) is 1. The molecule has 0 fully saturated rings. The second kappa shape index (κ2) is 9.32. The predicted octanol–water partition coefficient (Wildman–Crippen LogP) is 3.63. The van der Waals surface area contributed by atoms with E-state index in [9.17, 15) is 14.4 Å². The van der Waals surface area contributed by atoms with Crippen molar-refractivity contribution in [3.05, 3.63) is 103 Å². The van der Waals surface area contributed by atoms with Crippen LogP contribution >= 0.6 is 22.9 Å². The van der Waals surface area contributed by atoms with E-state index in [4.69, 9.17) is 11.6 Å². The van der Waals surface area contributed by atoms with Crippen molar-refractivity contribution in [1.29, 1.82) is 0 Å². The van der Waals surface area contributed by atoms with Gasteiger partial charge in [-0.25, -0.2) is 4.79 Å². The molecule has 0 aliphatic heterocycles. The van der Waals surface area contributed by atoms with Gasteiger partial charge >= 0.3 is 5.69 Å². The van der Waals surface area contributed by atoms with Crippen LogP contribution in [-0.4, -0.2) is 15.0 Å². The SMILES string of the molecule is O=C(CCn1c(=O)c2sccc2n(Cc2cccc(Cl)c2)c1=O)NCc1ccccc1. The Morgan fingerprint density at radius 3 is 2.52 bits per heavy atom. The molecule has 1 N–H and O–H groups in total. The number of carbonyl (C=O) groups excluding carboxylic acids is 1. The van der Waals surface area contributed by atoms with Gasteiger partial charge in [0.2, 0.25) is 5.91 Å². The van der Waals surface area contributed by atoms with E-state index >= 15 is 0 Å². The Morgan fingerprint density at radius 1 is 0.968 bits per heavy atom. The number of aromatic nitrogens is 2. The van der Waals surface area contributed by atoms with Crippen molar-refractivity contribution in [2.45, 2.75) is 26.1 Å². The highest BCUT2D eigenvalue weighted by Crippen LogP contribution is 2.18. The van der Waals surface area contributed by atoms with Crippen LogP contribution in [0, 0.1) is 0 Å². The molecular formula is C23H20ClN3O3S. The fourth-order valence-corrected chi connectivity index (χ4v) is 4.46. The van der Waals surface area contributed by atoms with Gasteiger partial charge in [0.05, 0.1) is 12.1 Å². The number of benzene rings is 2. The summed E-state index contributed by atoms with van der Waals surface area (Å²) in [7, 11) is 0. The minimum atomic E-state index is -0.438. The highest BCUT2D eigenvalue weighted by Gasteiger charge is 2.15. The molecule has 1 amide bonds.